The first-order valence-corrected chi connectivity index (χ1v) is 6.33. The van der Waals surface area contributed by atoms with Gasteiger partial charge in [0.15, 0.2) is 0 Å². The maximum absolute atomic E-state index is 13.5. The van der Waals surface area contributed by atoms with Crippen LogP contribution in [0, 0.1) is 5.82 Å². The Hall–Kier alpha value is -1.30. The topological polar surface area (TPSA) is 50.9 Å². The van der Waals surface area contributed by atoms with Crippen molar-refractivity contribution in [1.29, 1.82) is 0 Å². The molecule has 0 radical (unpaired) electrons. The molecule has 0 aliphatic carbocycles. The minimum Gasteiger partial charge on any atom is -0.271 e. The number of hydrazine groups is 1. The van der Waals surface area contributed by atoms with E-state index >= 15 is 0 Å². The molecule has 0 fully saturated rings. The van der Waals surface area contributed by atoms with Crippen LogP contribution >= 0.6 is 11.3 Å². The molecular formula is C12H14FN3S. The fraction of sp³-hybridized carbons (Fsp3) is 0.250. The van der Waals surface area contributed by atoms with Gasteiger partial charge in [-0.1, -0.05) is 0 Å². The Labute approximate surface area is 103 Å². The van der Waals surface area contributed by atoms with Gasteiger partial charge in [-0.25, -0.2) is 4.39 Å². The molecule has 0 saturated heterocycles. The summed E-state index contributed by atoms with van der Waals surface area (Å²) in [7, 11) is 0. The van der Waals surface area contributed by atoms with Crippen LogP contribution in [-0.2, 0) is 6.42 Å². The molecule has 2 rings (SSSR count). The van der Waals surface area contributed by atoms with Crippen LogP contribution in [-0.4, -0.2) is 4.98 Å². The lowest BCUT2D eigenvalue weighted by Crippen LogP contribution is -2.29. The van der Waals surface area contributed by atoms with Gasteiger partial charge in [0.25, 0.3) is 0 Å². The zero-order chi connectivity index (χ0) is 12.1. The van der Waals surface area contributed by atoms with Gasteiger partial charge in [0.05, 0.1) is 11.7 Å². The van der Waals surface area contributed by atoms with E-state index in [1.165, 1.54) is 11.6 Å². The predicted molar refractivity (Wildman–Crippen MR) is 66.9 cm³/mol. The molecule has 3 N–H and O–H groups in total. The van der Waals surface area contributed by atoms with Crippen LogP contribution in [0.2, 0.25) is 0 Å². The Morgan fingerprint density at radius 1 is 1.47 bits per heavy atom. The molecule has 1 atom stereocenters. The summed E-state index contributed by atoms with van der Waals surface area (Å²) in [6, 6.07) is 4.78. The molecule has 0 saturated carbocycles. The maximum Gasteiger partial charge on any atom is 0.146 e. The third-order valence-corrected chi connectivity index (χ3v) is 3.35. The van der Waals surface area contributed by atoms with Gasteiger partial charge in [0, 0.05) is 6.20 Å². The maximum atomic E-state index is 13.5. The number of rotatable bonds is 5. The van der Waals surface area contributed by atoms with E-state index in [2.05, 4.69) is 21.9 Å². The minimum atomic E-state index is -0.319. The van der Waals surface area contributed by atoms with Crippen molar-refractivity contribution >= 4 is 11.3 Å². The molecule has 0 aromatic carbocycles. The highest BCUT2D eigenvalue weighted by atomic mass is 32.1. The fourth-order valence-corrected chi connectivity index (χ4v) is 2.40. The van der Waals surface area contributed by atoms with E-state index in [4.69, 9.17) is 5.84 Å². The van der Waals surface area contributed by atoms with Gasteiger partial charge in [0.1, 0.15) is 5.82 Å². The lowest BCUT2D eigenvalue weighted by molar-refractivity contribution is 0.471. The van der Waals surface area contributed by atoms with Gasteiger partial charge < -0.3 is 0 Å². The minimum absolute atomic E-state index is 0.254. The molecule has 90 valence electrons. The molecule has 3 nitrogen and oxygen atoms in total. The summed E-state index contributed by atoms with van der Waals surface area (Å²) in [5.74, 6) is 5.14. The van der Waals surface area contributed by atoms with Crippen molar-refractivity contribution in [2.45, 2.75) is 18.9 Å². The highest BCUT2D eigenvalue weighted by molar-refractivity contribution is 7.07. The molecule has 2 heterocycles. The number of nitrogens with two attached hydrogens (primary N) is 1. The van der Waals surface area contributed by atoms with Crippen molar-refractivity contribution < 1.29 is 4.39 Å². The Morgan fingerprint density at radius 3 is 3.00 bits per heavy atom. The summed E-state index contributed by atoms with van der Waals surface area (Å²) in [4.78, 5) is 4.03. The molecule has 0 amide bonds. The standard InChI is InChI=1S/C12H14FN3S/c13-10-2-1-6-15-12(10)11(16-14)4-3-9-5-7-17-8-9/h1-2,5-8,11,16H,3-4,14H2. The molecule has 0 aliphatic rings. The highest BCUT2D eigenvalue weighted by Crippen LogP contribution is 2.19. The van der Waals surface area contributed by atoms with Crippen molar-refractivity contribution in [2.24, 2.45) is 5.84 Å². The van der Waals surface area contributed by atoms with Gasteiger partial charge in [0.2, 0.25) is 0 Å². The fourth-order valence-electron chi connectivity index (χ4n) is 1.70. The van der Waals surface area contributed by atoms with Crippen LogP contribution < -0.4 is 11.3 Å². The van der Waals surface area contributed by atoms with Crippen molar-refractivity contribution in [1.82, 2.24) is 10.4 Å². The number of aromatic nitrogens is 1. The number of nitrogens with zero attached hydrogens (tertiary/aromatic N) is 1. The van der Waals surface area contributed by atoms with Gasteiger partial charge in [-0.15, -0.1) is 0 Å². The van der Waals surface area contributed by atoms with E-state index < -0.39 is 0 Å². The van der Waals surface area contributed by atoms with E-state index in [1.807, 2.05) is 5.38 Å². The summed E-state index contributed by atoms with van der Waals surface area (Å²) >= 11 is 1.66. The van der Waals surface area contributed by atoms with Crippen LogP contribution in [0.3, 0.4) is 0 Å². The number of halogens is 1. The zero-order valence-corrected chi connectivity index (χ0v) is 10.1. The second-order valence-corrected chi connectivity index (χ2v) is 4.54. The molecule has 0 aliphatic heterocycles. The lowest BCUT2D eigenvalue weighted by Gasteiger charge is -2.15. The quantitative estimate of drug-likeness (QED) is 0.634. The summed E-state index contributed by atoms with van der Waals surface area (Å²) in [5.41, 5.74) is 4.24. The summed E-state index contributed by atoms with van der Waals surface area (Å²) < 4.78 is 13.5. The van der Waals surface area contributed by atoms with E-state index in [-0.39, 0.29) is 11.9 Å². The Kier molecular flexibility index (Phi) is 4.19. The van der Waals surface area contributed by atoms with E-state index in [0.717, 1.165) is 12.8 Å². The second-order valence-electron chi connectivity index (χ2n) is 3.76. The van der Waals surface area contributed by atoms with E-state index in [9.17, 15) is 4.39 Å². The van der Waals surface area contributed by atoms with Crippen molar-refractivity contribution in [3.8, 4) is 0 Å². The highest BCUT2D eigenvalue weighted by Gasteiger charge is 2.15. The van der Waals surface area contributed by atoms with Gasteiger partial charge in [-0.2, -0.15) is 11.3 Å². The number of aryl methyl sites for hydroxylation is 1. The van der Waals surface area contributed by atoms with Crippen LogP contribution in [0.5, 0.6) is 0 Å². The number of hydrogen-bond donors (Lipinski definition) is 2. The molecule has 5 heteroatoms. The third kappa shape index (κ3) is 3.09. The largest absolute Gasteiger partial charge is 0.271 e. The average molecular weight is 251 g/mol. The molecular weight excluding hydrogens is 237 g/mol. The summed E-state index contributed by atoms with van der Waals surface area (Å²) in [6.07, 6.45) is 3.16. The SMILES string of the molecule is NNC(CCc1ccsc1)c1ncccc1F. The van der Waals surface area contributed by atoms with Crippen molar-refractivity contribution in [3.63, 3.8) is 0 Å². The molecule has 0 spiro atoms. The van der Waals surface area contributed by atoms with Crippen LogP contribution in [0.4, 0.5) is 4.39 Å². The smallest absolute Gasteiger partial charge is 0.146 e. The zero-order valence-electron chi connectivity index (χ0n) is 9.27. The van der Waals surface area contributed by atoms with E-state index in [0.29, 0.717) is 5.69 Å². The number of nitrogens with one attached hydrogen (secondary N) is 1. The monoisotopic (exact) mass is 251 g/mol. The first-order chi connectivity index (χ1) is 8.31. The Balaban J connectivity index is 2.04. The number of thiophene rings is 1. The number of hydrogen-bond acceptors (Lipinski definition) is 4. The lowest BCUT2D eigenvalue weighted by atomic mass is 10.0. The Morgan fingerprint density at radius 2 is 2.35 bits per heavy atom. The molecule has 0 bridgehead atoms. The third-order valence-electron chi connectivity index (χ3n) is 2.62. The van der Waals surface area contributed by atoms with Gasteiger partial charge in [-0.05, 0) is 47.4 Å². The summed E-state index contributed by atoms with van der Waals surface area (Å²) in [6.45, 7) is 0. The normalized spacial score (nSPS) is 12.6. The summed E-state index contributed by atoms with van der Waals surface area (Å²) in [5, 5.41) is 4.12. The molecule has 17 heavy (non-hydrogen) atoms. The van der Waals surface area contributed by atoms with Crippen LogP contribution in [0.25, 0.3) is 0 Å². The number of pyridine rings is 1. The van der Waals surface area contributed by atoms with E-state index in [1.54, 1.807) is 23.6 Å². The molecule has 2 aromatic rings. The second kappa shape index (κ2) is 5.86. The first-order valence-electron chi connectivity index (χ1n) is 5.39. The molecule has 1 unspecified atom stereocenters. The van der Waals surface area contributed by atoms with Gasteiger partial charge in [-0.3, -0.25) is 16.3 Å². The first kappa shape index (κ1) is 12.2. The predicted octanol–water partition coefficient (Wildman–Crippen LogP) is 2.42. The van der Waals surface area contributed by atoms with Crippen LogP contribution in [0.1, 0.15) is 23.7 Å². The Bertz CT molecular complexity index is 459. The van der Waals surface area contributed by atoms with Gasteiger partial charge >= 0.3 is 0 Å². The van der Waals surface area contributed by atoms with Crippen LogP contribution in [0.15, 0.2) is 35.2 Å². The molecule has 2 aromatic heterocycles. The van der Waals surface area contributed by atoms with Crippen molar-refractivity contribution in [2.75, 3.05) is 0 Å². The van der Waals surface area contributed by atoms with Crippen molar-refractivity contribution in [3.05, 3.63) is 52.2 Å². The average Bonchev–Trinajstić information content (AvgIpc) is 2.85.